The van der Waals surface area contributed by atoms with Crippen molar-refractivity contribution in [1.82, 2.24) is 4.90 Å². The van der Waals surface area contributed by atoms with Crippen molar-refractivity contribution in [2.24, 2.45) is 4.99 Å². The van der Waals surface area contributed by atoms with Crippen molar-refractivity contribution in [3.05, 3.63) is 82.0 Å². The van der Waals surface area contributed by atoms with Gasteiger partial charge in [-0.25, -0.2) is 4.39 Å². The van der Waals surface area contributed by atoms with E-state index in [0.717, 1.165) is 41.8 Å². The summed E-state index contributed by atoms with van der Waals surface area (Å²) in [5.41, 5.74) is 1.76. The highest BCUT2D eigenvalue weighted by molar-refractivity contribution is 8.17. The van der Waals surface area contributed by atoms with Gasteiger partial charge in [0, 0.05) is 36.1 Å². The monoisotopic (exact) mass is 413 g/mol. The second kappa shape index (κ2) is 8.84. The molecule has 6 heteroatoms. The van der Waals surface area contributed by atoms with E-state index in [1.54, 1.807) is 17.8 Å². The molecule has 2 aromatic carbocycles. The molecular weight excluding hydrogens is 393 g/mol. The van der Waals surface area contributed by atoms with Crippen molar-refractivity contribution in [3.8, 4) is 0 Å². The van der Waals surface area contributed by atoms with Crippen molar-refractivity contribution in [2.45, 2.75) is 0 Å². The van der Waals surface area contributed by atoms with E-state index in [1.165, 1.54) is 6.07 Å². The molecule has 0 amide bonds. The zero-order chi connectivity index (χ0) is 19.3. The van der Waals surface area contributed by atoms with E-state index < -0.39 is 0 Å². The Kier molecular flexibility index (Phi) is 6.03. The third-order valence-electron chi connectivity index (χ3n) is 4.74. The number of thioether (sulfide) groups is 1. The number of allylic oxidation sites excluding steroid dienone is 2. The van der Waals surface area contributed by atoms with E-state index in [4.69, 9.17) is 11.6 Å². The van der Waals surface area contributed by atoms with Gasteiger partial charge < -0.3 is 9.80 Å². The Morgan fingerprint density at radius 3 is 2.39 bits per heavy atom. The third kappa shape index (κ3) is 4.59. The summed E-state index contributed by atoms with van der Waals surface area (Å²) in [7, 11) is 0. The summed E-state index contributed by atoms with van der Waals surface area (Å²) in [6.45, 7) is 3.90. The highest BCUT2D eigenvalue weighted by Gasteiger charge is 2.25. The zero-order valence-corrected chi connectivity index (χ0v) is 17.0. The SMILES string of the molecule is Fc1ccccc1N1CCN(C2=NCC(=CC(Cl)=Cc3ccccc3)S2)CC1. The first kappa shape index (κ1) is 19.1. The molecule has 0 unspecified atom stereocenters. The van der Waals surface area contributed by atoms with Crippen LogP contribution in [-0.4, -0.2) is 42.8 Å². The van der Waals surface area contributed by atoms with Gasteiger partial charge in [-0.1, -0.05) is 65.8 Å². The molecule has 28 heavy (non-hydrogen) atoms. The second-order valence-electron chi connectivity index (χ2n) is 6.68. The predicted octanol–water partition coefficient (Wildman–Crippen LogP) is 5.21. The lowest BCUT2D eigenvalue weighted by molar-refractivity contribution is 0.390. The Bertz CT molecular complexity index is 918. The Balaban J connectivity index is 1.34. The Labute approximate surface area is 174 Å². The van der Waals surface area contributed by atoms with Crippen LogP contribution in [0.15, 0.2) is 75.6 Å². The number of anilines is 1. The Morgan fingerprint density at radius 2 is 1.64 bits per heavy atom. The summed E-state index contributed by atoms with van der Waals surface area (Å²) in [6, 6.07) is 17.0. The molecule has 144 valence electrons. The molecule has 0 bridgehead atoms. The topological polar surface area (TPSA) is 18.8 Å². The number of hydrogen-bond donors (Lipinski definition) is 0. The minimum atomic E-state index is -0.159. The van der Waals surface area contributed by atoms with Crippen LogP contribution in [-0.2, 0) is 0 Å². The van der Waals surface area contributed by atoms with Crippen LogP contribution < -0.4 is 4.90 Å². The first-order valence-corrected chi connectivity index (χ1v) is 10.5. The molecule has 0 radical (unpaired) electrons. The number of para-hydroxylation sites is 1. The number of rotatable bonds is 3. The maximum absolute atomic E-state index is 14.0. The highest BCUT2D eigenvalue weighted by Crippen LogP contribution is 2.30. The fourth-order valence-corrected chi connectivity index (χ4v) is 4.63. The standard InChI is InChI=1S/C22H21ClFN3S/c23-18(14-17-6-2-1-3-7-17)15-19-16-25-22(28-19)27-12-10-26(11-13-27)21-9-5-4-8-20(21)24/h1-9,14-15H,10-13,16H2. The number of halogens is 2. The highest BCUT2D eigenvalue weighted by atomic mass is 35.5. The number of aliphatic imine (C=N–C) groups is 1. The molecule has 0 atom stereocenters. The average molecular weight is 414 g/mol. The smallest absolute Gasteiger partial charge is 0.164 e. The fraction of sp³-hybridized carbons (Fsp3) is 0.227. The Hall–Kier alpha value is -2.24. The van der Waals surface area contributed by atoms with E-state index in [-0.39, 0.29) is 5.82 Å². The minimum Gasteiger partial charge on any atom is -0.366 e. The molecule has 2 aliphatic rings. The van der Waals surface area contributed by atoms with Gasteiger partial charge >= 0.3 is 0 Å². The molecule has 1 saturated heterocycles. The van der Waals surface area contributed by atoms with E-state index in [1.807, 2.05) is 54.6 Å². The molecule has 0 saturated carbocycles. The molecule has 2 aromatic rings. The number of amidine groups is 1. The molecule has 1 fully saturated rings. The van der Waals surface area contributed by atoms with E-state index in [2.05, 4.69) is 14.8 Å². The Morgan fingerprint density at radius 1 is 0.964 bits per heavy atom. The molecule has 0 N–H and O–H groups in total. The number of piperazine rings is 1. The molecule has 2 aliphatic heterocycles. The lowest BCUT2D eigenvalue weighted by Gasteiger charge is -2.36. The van der Waals surface area contributed by atoms with Gasteiger partial charge in [0.05, 0.1) is 12.2 Å². The lowest BCUT2D eigenvalue weighted by atomic mass is 10.2. The van der Waals surface area contributed by atoms with Crippen LogP contribution in [0, 0.1) is 5.82 Å². The number of hydrogen-bond acceptors (Lipinski definition) is 4. The van der Waals surface area contributed by atoms with Crippen LogP contribution in [0.1, 0.15) is 5.56 Å². The molecule has 4 rings (SSSR count). The molecular formula is C22H21ClFN3S. The van der Waals surface area contributed by atoms with Gasteiger partial charge in [-0.15, -0.1) is 0 Å². The third-order valence-corrected chi connectivity index (χ3v) is 6.04. The van der Waals surface area contributed by atoms with Crippen LogP contribution in [0.25, 0.3) is 6.08 Å². The van der Waals surface area contributed by atoms with Gasteiger partial charge in [-0.2, -0.15) is 0 Å². The van der Waals surface area contributed by atoms with Gasteiger partial charge in [-0.3, -0.25) is 4.99 Å². The summed E-state index contributed by atoms with van der Waals surface area (Å²) < 4.78 is 14.0. The maximum Gasteiger partial charge on any atom is 0.164 e. The lowest BCUT2D eigenvalue weighted by Crippen LogP contribution is -2.48. The van der Waals surface area contributed by atoms with Crippen molar-refractivity contribution in [3.63, 3.8) is 0 Å². The predicted molar refractivity (Wildman–Crippen MR) is 118 cm³/mol. The molecule has 0 aromatic heterocycles. The van der Waals surface area contributed by atoms with E-state index >= 15 is 0 Å². The molecule has 0 spiro atoms. The molecule has 0 aliphatic carbocycles. The number of nitrogens with zero attached hydrogens (tertiary/aromatic N) is 3. The first-order chi connectivity index (χ1) is 13.7. The first-order valence-electron chi connectivity index (χ1n) is 9.28. The van der Waals surface area contributed by atoms with Gasteiger partial charge in [0.25, 0.3) is 0 Å². The summed E-state index contributed by atoms with van der Waals surface area (Å²) in [5, 5.41) is 1.73. The van der Waals surface area contributed by atoms with E-state index in [9.17, 15) is 4.39 Å². The average Bonchev–Trinajstić information content (AvgIpc) is 3.17. The van der Waals surface area contributed by atoms with Crippen molar-refractivity contribution in [1.29, 1.82) is 0 Å². The van der Waals surface area contributed by atoms with Crippen molar-refractivity contribution >= 4 is 40.3 Å². The summed E-state index contributed by atoms with van der Waals surface area (Å²) in [5.74, 6) is -0.159. The molecule has 2 heterocycles. The van der Waals surface area contributed by atoms with Gasteiger partial charge in [-0.05, 0) is 29.8 Å². The van der Waals surface area contributed by atoms with Crippen molar-refractivity contribution in [2.75, 3.05) is 37.6 Å². The quantitative estimate of drug-likeness (QED) is 0.687. The summed E-state index contributed by atoms with van der Waals surface area (Å²) in [4.78, 5) is 10.2. The maximum atomic E-state index is 14.0. The van der Waals surface area contributed by atoms with Crippen LogP contribution in [0.4, 0.5) is 10.1 Å². The fourth-order valence-electron chi connectivity index (χ4n) is 3.32. The van der Waals surface area contributed by atoms with Gasteiger partial charge in [0.15, 0.2) is 5.17 Å². The largest absolute Gasteiger partial charge is 0.366 e. The van der Waals surface area contributed by atoms with E-state index in [0.29, 0.717) is 17.3 Å². The normalized spacial score (nSPS) is 19.3. The van der Waals surface area contributed by atoms with Crippen LogP contribution in [0.5, 0.6) is 0 Å². The van der Waals surface area contributed by atoms with Crippen LogP contribution in [0.3, 0.4) is 0 Å². The van der Waals surface area contributed by atoms with Gasteiger partial charge in [0.1, 0.15) is 5.82 Å². The zero-order valence-electron chi connectivity index (χ0n) is 15.4. The minimum absolute atomic E-state index is 0.159. The number of benzene rings is 2. The van der Waals surface area contributed by atoms with Crippen LogP contribution in [0.2, 0.25) is 0 Å². The van der Waals surface area contributed by atoms with Crippen molar-refractivity contribution < 1.29 is 4.39 Å². The summed E-state index contributed by atoms with van der Waals surface area (Å²) >= 11 is 8.07. The summed E-state index contributed by atoms with van der Waals surface area (Å²) in [6.07, 6.45) is 3.95. The second-order valence-corrected chi connectivity index (χ2v) is 8.21. The van der Waals surface area contributed by atoms with Crippen LogP contribution >= 0.6 is 23.4 Å². The molecule has 3 nitrogen and oxygen atoms in total. The van der Waals surface area contributed by atoms with Gasteiger partial charge in [0.2, 0.25) is 0 Å².